The van der Waals surface area contributed by atoms with Crippen LogP contribution in [-0.2, 0) is 13.1 Å². The van der Waals surface area contributed by atoms with Crippen LogP contribution in [0.5, 0.6) is 0 Å². The summed E-state index contributed by atoms with van der Waals surface area (Å²) in [4.78, 5) is 2.51. The van der Waals surface area contributed by atoms with Crippen molar-refractivity contribution >= 4 is 0 Å². The number of hydrogen-bond donors (Lipinski definition) is 1. The van der Waals surface area contributed by atoms with Gasteiger partial charge in [0.25, 0.3) is 0 Å². The van der Waals surface area contributed by atoms with Crippen LogP contribution in [0, 0.1) is 0 Å². The zero-order valence-electron chi connectivity index (χ0n) is 10.2. The molecule has 1 atom stereocenters. The highest BCUT2D eigenvalue weighted by atomic mass is 15.3. The standard InChI is InChI=1S/C11H21N5/c1-3-10(7-12-4-2)15-5-6-16-9-13-14-11(16)8-15/h9-10,12H,3-8H2,1-2H3. The molecule has 2 heterocycles. The Hall–Kier alpha value is -0.940. The molecule has 0 bridgehead atoms. The third-order valence-electron chi connectivity index (χ3n) is 3.29. The Labute approximate surface area is 96.8 Å². The number of nitrogens with one attached hydrogen (secondary N) is 1. The summed E-state index contributed by atoms with van der Waals surface area (Å²) in [6, 6.07) is 0.616. The molecule has 1 N–H and O–H groups in total. The van der Waals surface area contributed by atoms with Crippen molar-refractivity contribution in [3.63, 3.8) is 0 Å². The fourth-order valence-electron chi connectivity index (χ4n) is 2.24. The maximum atomic E-state index is 4.15. The van der Waals surface area contributed by atoms with E-state index in [2.05, 4.69) is 38.8 Å². The molecule has 0 aliphatic carbocycles. The van der Waals surface area contributed by atoms with Crippen LogP contribution in [0.4, 0.5) is 0 Å². The number of rotatable bonds is 5. The molecule has 0 spiro atoms. The zero-order valence-corrected chi connectivity index (χ0v) is 10.2. The second-order valence-electron chi connectivity index (χ2n) is 4.28. The predicted molar refractivity (Wildman–Crippen MR) is 63.1 cm³/mol. The quantitative estimate of drug-likeness (QED) is 0.789. The van der Waals surface area contributed by atoms with Gasteiger partial charge in [0.1, 0.15) is 12.2 Å². The van der Waals surface area contributed by atoms with E-state index >= 15 is 0 Å². The van der Waals surface area contributed by atoms with E-state index in [1.54, 1.807) is 0 Å². The highest BCUT2D eigenvalue weighted by Gasteiger charge is 2.22. The molecule has 0 amide bonds. The summed E-state index contributed by atoms with van der Waals surface area (Å²) in [5.41, 5.74) is 0. The van der Waals surface area contributed by atoms with E-state index in [1.807, 2.05) is 6.33 Å². The normalized spacial score (nSPS) is 18.4. The number of fused-ring (bicyclic) bond motifs is 1. The van der Waals surface area contributed by atoms with Crippen LogP contribution in [0.3, 0.4) is 0 Å². The van der Waals surface area contributed by atoms with Crippen molar-refractivity contribution in [1.82, 2.24) is 25.0 Å². The SMILES string of the molecule is CCNCC(CC)N1CCn2cnnc2C1. The van der Waals surface area contributed by atoms with Gasteiger partial charge in [0.05, 0.1) is 6.54 Å². The minimum Gasteiger partial charge on any atom is -0.315 e. The van der Waals surface area contributed by atoms with Crippen LogP contribution in [0.1, 0.15) is 26.1 Å². The molecule has 90 valence electrons. The van der Waals surface area contributed by atoms with E-state index in [1.165, 1.54) is 6.42 Å². The predicted octanol–water partition coefficient (Wildman–Crippen LogP) is 0.482. The summed E-state index contributed by atoms with van der Waals surface area (Å²) in [5.74, 6) is 1.10. The Kier molecular flexibility index (Phi) is 3.90. The highest BCUT2D eigenvalue weighted by molar-refractivity contribution is 4.91. The van der Waals surface area contributed by atoms with Gasteiger partial charge in [-0.3, -0.25) is 4.90 Å². The molecule has 16 heavy (non-hydrogen) atoms. The second kappa shape index (κ2) is 5.41. The first-order valence-electron chi connectivity index (χ1n) is 6.16. The largest absolute Gasteiger partial charge is 0.315 e. The third-order valence-corrected chi connectivity index (χ3v) is 3.29. The number of hydrogen-bond acceptors (Lipinski definition) is 4. The van der Waals surface area contributed by atoms with Gasteiger partial charge in [-0.15, -0.1) is 10.2 Å². The van der Waals surface area contributed by atoms with Crippen molar-refractivity contribution < 1.29 is 0 Å². The van der Waals surface area contributed by atoms with E-state index in [0.29, 0.717) is 6.04 Å². The monoisotopic (exact) mass is 223 g/mol. The van der Waals surface area contributed by atoms with Gasteiger partial charge in [-0.2, -0.15) is 0 Å². The van der Waals surface area contributed by atoms with Gasteiger partial charge >= 0.3 is 0 Å². The molecular weight excluding hydrogens is 202 g/mol. The molecule has 0 saturated carbocycles. The van der Waals surface area contributed by atoms with Crippen molar-refractivity contribution in [3.8, 4) is 0 Å². The molecule has 5 heteroatoms. The molecule has 5 nitrogen and oxygen atoms in total. The zero-order chi connectivity index (χ0) is 11.4. The Morgan fingerprint density at radius 1 is 1.44 bits per heavy atom. The lowest BCUT2D eigenvalue weighted by Gasteiger charge is -2.34. The van der Waals surface area contributed by atoms with Gasteiger partial charge in [-0.1, -0.05) is 13.8 Å². The molecule has 1 aliphatic rings. The fourth-order valence-corrected chi connectivity index (χ4v) is 2.24. The Morgan fingerprint density at radius 3 is 3.06 bits per heavy atom. The molecule has 0 fully saturated rings. The molecule has 1 aliphatic heterocycles. The van der Waals surface area contributed by atoms with Crippen molar-refractivity contribution in [1.29, 1.82) is 0 Å². The van der Waals surface area contributed by atoms with E-state index in [9.17, 15) is 0 Å². The van der Waals surface area contributed by atoms with E-state index in [0.717, 1.165) is 38.5 Å². The van der Waals surface area contributed by atoms with Crippen LogP contribution in [-0.4, -0.2) is 45.3 Å². The first kappa shape index (κ1) is 11.5. The van der Waals surface area contributed by atoms with Crippen LogP contribution < -0.4 is 5.32 Å². The lowest BCUT2D eigenvalue weighted by Crippen LogP contribution is -2.45. The lowest BCUT2D eigenvalue weighted by molar-refractivity contribution is 0.146. The molecule has 1 aromatic rings. The smallest absolute Gasteiger partial charge is 0.147 e. The molecule has 0 aromatic carbocycles. The van der Waals surface area contributed by atoms with Gasteiger partial charge in [-0.05, 0) is 13.0 Å². The molecule has 1 aromatic heterocycles. The lowest BCUT2D eigenvalue weighted by atomic mass is 10.1. The maximum Gasteiger partial charge on any atom is 0.147 e. The average Bonchev–Trinajstić information content (AvgIpc) is 2.77. The molecule has 1 unspecified atom stereocenters. The van der Waals surface area contributed by atoms with Gasteiger partial charge in [0.15, 0.2) is 0 Å². The van der Waals surface area contributed by atoms with Crippen molar-refractivity contribution in [2.45, 2.75) is 39.4 Å². The van der Waals surface area contributed by atoms with Crippen LogP contribution in [0.2, 0.25) is 0 Å². The maximum absolute atomic E-state index is 4.15. The Morgan fingerprint density at radius 2 is 2.31 bits per heavy atom. The van der Waals surface area contributed by atoms with Crippen LogP contribution in [0.15, 0.2) is 6.33 Å². The topological polar surface area (TPSA) is 46.0 Å². The third kappa shape index (κ3) is 2.41. The van der Waals surface area contributed by atoms with Crippen LogP contribution in [0.25, 0.3) is 0 Å². The van der Waals surface area contributed by atoms with Gasteiger partial charge in [0, 0.05) is 25.7 Å². The highest BCUT2D eigenvalue weighted by Crippen LogP contribution is 2.13. The molecule has 0 saturated heterocycles. The van der Waals surface area contributed by atoms with Crippen molar-refractivity contribution in [2.75, 3.05) is 19.6 Å². The first-order valence-corrected chi connectivity index (χ1v) is 6.16. The Bertz CT molecular complexity index is 322. The van der Waals surface area contributed by atoms with E-state index in [4.69, 9.17) is 0 Å². The minimum atomic E-state index is 0.616. The molecule has 0 radical (unpaired) electrons. The van der Waals surface area contributed by atoms with Gasteiger partial charge in [-0.25, -0.2) is 0 Å². The van der Waals surface area contributed by atoms with E-state index < -0.39 is 0 Å². The summed E-state index contributed by atoms with van der Waals surface area (Å²) in [6.07, 6.45) is 3.01. The first-order chi connectivity index (χ1) is 7.85. The number of likely N-dealkylation sites (N-methyl/N-ethyl adjacent to an activating group) is 1. The fraction of sp³-hybridized carbons (Fsp3) is 0.818. The van der Waals surface area contributed by atoms with Gasteiger partial charge in [0.2, 0.25) is 0 Å². The Balaban J connectivity index is 1.95. The summed E-state index contributed by atoms with van der Waals surface area (Å²) in [7, 11) is 0. The number of nitrogens with zero attached hydrogens (tertiary/aromatic N) is 4. The van der Waals surface area contributed by atoms with Gasteiger partial charge < -0.3 is 9.88 Å². The van der Waals surface area contributed by atoms with E-state index in [-0.39, 0.29) is 0 Å². The summed E-state index contributed by atoms with van der Waals surface area (Å²) in [6.45, 7) is 9.58. The average molecular weight is 223 g/mol. The minimum absolute atomic E-state index is 0.616. The van der Waals surface area contributed by atoms with Crippen molar-refractivity contribution in [2.24, 2.45) is 0 Å². The molecular formula is C11H21N5. The van der Waals surface area contributed by atoms with Crippen LogP contribution >= 0.6 is 0 Å². The second-order valence-corrected chi connectivity index (χ2v) is 4.28. The van der Waals surface area contributed by atoms with Crippen molar-refractivity contribution in [3.05, 3.63) is 12.2 Å². The summed E-state index contributed by atoms with van der Waals surface area (Å²) < 4.78 is 2.15. The molecule has 2 rings (SSSR count). The number of aromatic nitrogens is 3. The summed E-state index contributed by atoms with van der Waals surface area (Å²) >= 11 is 0. The summed E-state index contributed by atoms with van der Waals surface area (Å²) in [5, 5.41) is 11.5.